The van der Waals surface area contributed by atoms with E-state index in [9.17, 15) is 23.5 Å². The van der Waals surface area contributed by atoms with Crippen LogP contribution in [0.1, 0.15) is 43.6 Å². The van der Waals surface area contributed by atoms with E-state index in [1.54, 1.807) is 23.6 Å². The standard InChI is InChI=1S/C20H23F2N3O3/c1-20(2,28)8-17(26)24-9-14-4-3-13(24)10-25(14)19(27)16-6-11-5-12(21)7-15(22)18(11)23-16/h5-7,13-14,23,28H,3-4,8-10H2,1-2H3. The molecule has 3 saturated heterocycles. The molecule has 6 nitrogen and oxygen atoms in total. The second kappa shape index (κ2) is 6.55. The van der Waals surface area contributed by atoms with E-state index in [2.05, 4.69) is 4.98 Å². The zero-order chi connectivity index (χ0) is 20.2. The molecule has 28 heavy (non-hydrogen) atoms. The number of benzene rings is 1. The van der Waals surface area contributed by atoms with Crippen molar-refractivity contribution >= 4 is 22.7 Å². The summed E-state index contributed by atoms with van der Waals surface area (Å²) < 4.78 is 27.3. The summed E-state index contributed by atoms with van der Waals surface area (Å²) in [5.41, 5.74) is -0.761. The number of aliphatic hydroxyl groups is 1. The molecule has 150 valence electrons. The largest absolute Gasteiger partial charge is 0.390 e. The molecule has 2 amide bonds. The monoisotopic (exact) mass is 391 g/mol. The minimum Gasteiger partial charge on any atom is -0.390 e. The van der Waals surface area contributed by atoms with Crippen molar-refractivity contribution in [3.63, 3.8) is 0 Å². The second-order valence-corrected chi connectivity index (χ2v) is 8.41. The maximum Gasteiger partial charge on any atom is 0.270 e. The quantitative estimate of drug-likeness (QED) is 0.844. The van der Waals surface area contributed by atoms with Crippen LogP contribution in [0.4, 0.5) is 8.78 Å². The van der Waals surface area contributed by atoms with Gasteiger partial charge in [0, 0.05) is 36.6 Å². The smallest absolute Gasteiger partial charge is 0.270 e. The summed E-state index contributed by atoms with van der Waals surface area (Å²) in [6, 6.07) is 3.20. The van der Waals surface area contributed by atoms with Gasteiger partial charge < -0.3 is 19.9 Å². The molecular formula is C20H23F2N3O3. The number of halogens is 2. The molecule has 2 bridgehead atoms. The fourth-order valence-corrected chi connectivity index (χ4v) is 4.29. The first kappa shape index (κ1) is 18.9. The van der Waals surface area contributed by atoms with E-state index >= 15 is 0 Å². The fraction of sp³-hybridized carbons (Fsp3) is 0.500. The van der Waals surface area contributed by atoms with Gasteiger partial charge in [-0.25, -0.2) is 8.78 Å². The van der Waals surface area contributed by atoms with Crippen LogP contribution in [0.3, 0.4) is 0 Å². The van der Waals surface area contributed by atoms with Gasteiger partial charge >= 0.3 is 0 Å². The van der Waals surface area contributed by atoms with Gasteiger partial charge in [-0.2, -0.15) is 0 Å². The van der Waals surface area contributed by atoms with Crippen LogP contribution in [0.25, 0.3) is 10.9 Å². The zero-order valence-corrected chi connectivity index (χ0v) is 15.8. The molecule has 0 radical (unpaired) electrons. The summed E-state index contributed by atoms with van der Waals surface area (Å²) in [5, 5.41) is 10.2. The number of piperazine rings is 1. The number of carbonyl (C=O) groups is 2. The third-order valence-electron chi connectivity index (χ3n) is 5.57. The third kappa shape index (κ3) is 3.37. The zero-order valence-electron chi connectivity index (χ0n) is 15.8. The van der Waals surface area contributed by atoms with Crippen molar-refractivity contribution in [2.75, 3.05) is 13.1 Å². The van der Waals surface area contributed by atoms with Crippen molar-refractivity contribution < 1.29 is 23.5 Å². The molecule has 3 aliphatic heterocycles. The van der Waals surface area contributed by atoms with Crippen molar-refractivity contribution in [1.82, 2.24) is 14.8 Å². The molecule has 0 saturated carbocycles. The van der Waals surface area contributed by atoms with Gasteiger partial charge in [-0.3, -0.25) is 9.59 Å². The Morgan fingerprint density at radius 3 is 2.39 bits per heavy atom. The molecule has 8 heteroatoms. The van der Waals surface area contributed by atoms with Crippen molar-refractivity contribution in [3.05, 3.63) is 35.5 Å². The van der Waals surface area contributed by atoms with Gasteiger partial charge in [0.25, 0.3) is 5.91 Å². The van der Waals surface area contributed by atoms with E-state index in [0.29, 0.717) is 18.5 Å². The van der Waals surface area contributed by atoms with Crippen LogP contribution in [-0.4, -0.2) is 62.5 Å². The van der Waals surface area contributed by atoms with Crippen LogP contribution in [0.15, 0.2) is 18.2 Å². The Bertz CT molecular complexity index is 950. The molecule has 1 aromatic carbocycles. The highest BCUT2D eigenvalue weighted by Gasteiger charge is 2.43. The highest BCUT2D eigenvalue weighted by Crippen LogP contribution is 2.32. The number of nitrogens with zero attached hydrogens (tertiary/aromatic N) is 2. The third-order valence-corrected chi connectivity index (χ3v) is 5.57. The van der Waals surface area contributed by atoms with E-state index < -0.39 is 17.2 Å². The van der Waals surface area contributed by atoms with Gasteiger partial charge in [0.15, 0.2) is 0 Å². The summed E-state index contributed by atoms with van der Waals surface area (Å²) >= 11 is 0. The SMILES string of the molecule is CC(C)(O)CC(=O)N1CC2CCC1CN2C(=O)c1cc2cc(F)cc(F)c2[nH]1. The Balaban J connectivity index is 1.53. The lowest BCUT2D eigenvalue weighted by Gasteiger charge is -2.51. The summed E-state index contributed by atoms with van der Waals surface area (Å²) in [5.74, 6) is -1.82. The number of aromatic amines is 1. The first-order valence-corrected chi connectivity index (χ1v) is 9.43. The van der Waals surface area contributed by atoms with Gasteiger partial charge in [-0.1, -0.05) is 0 Å². The minimum absolute atomic E-state index is 0.0387. The lowest BCUT2D eigenvalue weighted by molar-refractivity contribution is -0.144. The molecule has 1 aromatic heterocycles. The number of rotatable bonds is 3. The Labute approximate surface area is 161 Å². The number of nitrogens with one attached hydrogen (secondary N) is 1. The molecule has 2 aromatic rings. The van der Waals surface area contributed by atoms with Crippen LogP contribution in [0.5, 0.6) is 0 Å². The highest BCUT2D eigenvalue weighted by atomic mass is 19.1. The first-order chi connectivity index (χ1) is 13.1. The lowest BCUT2D eigenvalue weighted by atomic mass is 9.89. The molecule has 5 rings (SSSR count). The Hall–Kier alpha value is -2.48. The number of piperidine rings is 2. The number of hydrogen-bond donors (Lipinski definition) is 2. The molecule has 4 heterocycles. The molecule has 0 aliphatic carbocycles. The van der Waals surface area contributed by atoms with Crippen molar-refractivity contribution in [3.8, 4) is 0 Å². The molecule has 2 atom stereocenters. The van der Waals surface area contributed by atoms with Gasteiger partial charge in [-0.05, 0) is 38.8 Å². The molecule has 2 unspecified atom stereocenters. The van der Waals surface area contributed by atoms with Crippen molar-refractivity contribution in [2.45, 2.75) is 50.8 Å². The predicted molar refractivity (Wildman–Crippen MR) is 98.7 cm³/mol. The number of aromatic nitrogens is 1. The van der Waals surface area contributed by atoms with Crippen molar-refractivity contribution in [2.24, 2.45) is 0 Å². The van der Waals surface area contributed by atoms with Gasteiger partial charge in [0.1, 0.15) is 17.3 Å². The Kier molecular flexibility index (Phi) is 4.41. The molecule has 0 spiro atoms. The van der Waals surface area contributed by atoms with E-state index in [4.69, 9.17) is 0 Å². The van der Waals surface area contributed by atoms with E-state index in [1.807, 2.05) is 0 Å². The summed E-state index contributed by atoms with van der Waals surface area (Å²) in [6.45, 7) is 4.02. The van der Waals surface area contributed by atoms with Crippen molar-refractivity contribution in [1.29, 1.82) is 0 Å². The Morgan fingerprint density at radius 2 is 1.79 bits per heavy atom. The van der Waals surface area contributed by atoms with Gasteiger partial charge in [-0.15, -0.1) is 0 Å². The van der Waals surface area contributed by atoms with Crippen LogP contribution < -0.4 is 0 Å². The predicted octanol–water partition coefficient (Wildman–Crippen LogP) is 2.42. The van der Waals surface area contributed by atoms with E-state index in [0.717, 1.165) is 18.9 Å². The van der Waals surface area contributed by atoms with Crippen LogP contribution in [-0.2, 0) is 4.79 Å². The average molecular weight is 391 g/mol. The van der Waals surface area contributed by atoms with E-state index in [1.165, 1.54) is 12.1 Å². The molecular weight excluding hydrogens is 368 g/mol. The molecule has 3 aliphatic rings. The average Bonchev–Trinajstić information content (AvgIpc) is 3.04. The normalized spacial score (nSPS) is 22.2. The number of carbonyl (C=O) groups excluding carboxylic acids is 2. The second-order valence-electron chi connectivity index (χ2n) is 8.41. The summed E-state index contributed by atoms with van der Waals surface area (Å²) in [6.07, 6.45) is 1.63. The lowest BCUT2D eigenvalue weighted by Crippen LogP contribution is -2.65. The highest BCUT2D eigenvalue weighted by molar-refractivity contribution is 5.98. The number of amides is 2. The maximum absolute atomic E-state index is 13.9. The molecule has 3 fully saturated rings. The summed E-state index contributed by atoms with van der Waals surface area (Å²) in [7, 11) is 0. The van der Waals surface area contributed by atoms with Crippen LogP contribution in [0.2, 0.25) is 0 Å². The maximum atomic E-state index is 13.9. The number of H-pyrrole nitrogens is 1. The van der Waals surface area contributed by atoms with Crippen LogP contribution in [0, 0.1) is 11.6 Å². The van der Waals surface area contributed by atoms with Crippen LogP contribution >= 0.6 is 0 Å². The molecule has 2 N–H and O–H groups in total. The number of fused-ring (bicyclic) bond motifs is 4. The van der Waals surface area contributed by atoms with E-state index in [-0.39, 0.29) is 41.5 Å². The topological polar surface area (TPSA) is 76.6 Å². The van der Waals surface area contributed by atoms with Gasteiger partial charge in [0.2, 0.25) is 5.91 Å². The Morgan fingerprint density at radius 1 is 1.14 bits per heavy atom. The van der Waals surface area contributed by atoms with Gasteiger partial charge in [0.05, 0.1) is 17.5 Å². The fourth-order valence-electron chi connectivity index (χ4n) is 4.29. The minimum atomic E-state index is -1.08. The number of hydrogen-bond acceptors (Lipinski definition) is 3. The summed E-state index contributed by atoms with van der Waals surface area (Å²) in [4.78, 5) is 31.7. The first-order valence-electron chi connectivity index (χ1n) is 9.43.